The van der Waals surface area contributed by atoms with E-state index in [1.165, 1.54) is 10.4 Å². The number of hydrogen-bond donors (Lipinski definition) is 1. The van der Waals surface area contributed by atoms with E-state index in [1.54, 1.807) is 29.6 Å². The molecule has 0 aromatic carbocycles. The lowest BCUT2D eigenvalue weighted by Gasteiger charge is -2.09. The fourth-order valence-corrected chi connectivity index (χ4v) is 3.81. The zero-order chi connectivity index (χ0) is 13.8. The molecule has 0 radical (unpaired) electrons. The number of thiophene rings is 2. The Bertz CT molecular complexity index is 546. The third-order valence-electron chi connectivity index (χ3n) is 2.79. The number of carbonyl (C=O) groups is 1. The smallest absolute Gasteiger partial charge is 0.307 e. The van der Waals surface area contributed by atoms with Crippen molar-refractivity contribution in [2.45, 2.75) is 26.3 Å². The molecule has 2 aromatic rings. The van der Waals surface area contributed by atoms with E-state index in [9.17, 15) is 4.79 Å². The first-order valence-corrected chi connectivity index (χ1v) is 7.91. The zero-order valence-corrected chi connectivity index (χ0v) is 12.6. The molecule has 0 amide bonds. The highest BCUT2D eigenvalue weighted by atomic mass is 32.1. The lowest BCUT2D eigenvalue weighted by molar-refractivity contribution is -0.143. The van der Waals surface area contributed by atoms with Crippen LogP contribution in [0.5, 0.6) is 0 Å². The Labute approximate surface area is 121 Å². The third kappa shape index (κ3) is 3.43. The van der Waals surface area contributed by atoms with E-state index in [1.807, 2.05) is 6.92 Å². The summed E-state index contributed by atoms with van der Waals surface area (Å²) < 4.78 is 4.94. The highest BCUT2D eigenvalue weighted by Crippen LogP contribution is 2.35. The second kappa shape index (κ2) is 6.32. The Morgan fingerprint density at radius 2 is 2.32 bits per heavy atom. The topological polar surface area (TPSA) is 52.3 Å². The molecule has 0 aliphatic carbocycles. The maximum absolute atomic E-state index is 11.5. The van der Waals surface area contributed by atoms with Gasteiger partial charge < -0.3 is 10.5 Å². The minimum absolute atomic E-state index is 0.234. The standard InChI is InChI=1S/C14H17NO2S2/c1-3-17-13(16)7-11(15)14-9(2)6-12(19-14)10-4-5-18-8-10/h4-6,8,11H,3,7,15H2,1-2H3. The second-order valence-corrected chi connectivity index (χ2v) is 6.15. The Hall–Kier alpha value is -1.17. The van der Waals surface area contributed by atoms with E-state index in [-0.39, 0.29) is 18.4 Å². The molecular weight excluding hydrogens is 278 g/mol. The van der Waals surface area contributed by atoms with E-state index in [0.29, 0.717) is 6.61 Å². The molecule has 2 rings (SSSR count). The van der Waals surface area contributed by atoms with Crippen molar-refractivity contribution in [1.29, 1.82) is 0 Å². The molecule has 2 heterocycles. The average Bonchev–Trinajstić information content (AvgIpc) is 2.97. The molecule has 0 spiro atoms. The normalized spacial score (nSPS) is 12.4. The van der Waals surface area contributed by atoms with Gasteiger partial charge in [0.1, 0.15) is 0 Å². The average molecular weight is 295 g/mol. The van der Waals surface area contributed by atoms with Crippen LogP contribution in [-0.4, -0.2) is 12.6 Å². The minimum atomic E-state index is -0.281. The molecule has 2 N–H and O–H groups in total. The number of nitrogens with two attached hydrogens (primary N) is 1. The van der Waals surface area contributed by atoms with Gasteiger partial charge in [-0.1, -0.05) is 0 Å². The van der Waals surface area contributed by atoms with Crippen LogP contribution in [0.4, 0.5) is 0 Å². The number of ether oxygens (including phenoxy) is 1. The molecule has 0 saturated heterocycles. The second-order valence-electron chi connectivity index (χ2n) is 4.29. The van der Waals surface area contributed by atoms with Crippen LogP contribution in [0.15, 0.2) is 22.9 Å². The lowest BCUT2D eigenvalue weighted by Crippen LogP contribution is -2.16. The van der Waals surface area contributed by atoms with Gasteiger partial charge >= 0.3 is 5.97 Å². The van der Waals surface area contributed by atoms with Crippen molar-refractivity contribution in [3.05, 3.63) is 33.3 Å². The van der Waals surface area contributed by atoms with E-state index in [4.69, 9.17) is 10.5 Å². The molecule has 3 nitrogen and oxygen atoms in total. The van der Waals surface area contributed by atoms with Crippen LogP contribution < -0.4 is 5.73 Å². The molecule has 19 heavy (non-hydrogen) atoms. The summed E-state index contributed by atoms with van der Waals surface area (Å²) in [6.45, 7) is 4.23. The Kier molecular flexibility index (Phi) is 4.74. The van der Waals surface area contributed by atoms with Crippen LogP contribution in [0.25, 0.3) is 10.4 Å². The summed E-state index contributed by atoms with van der Waals surface area (Å²) >= 11 is 3.34. The van der Waals surface area contributed by atoms with Crippen molar-refractivity contribution in [2.75, 3.05) is 6.61 Å². The first kappa shape index (κ1) is 14.2. The van der Waals surface area contributed by atoms with Gasteiger partial charge in [0.05, 0.1) is 13.0 Å². The summed E-state index contributed by atoms with van der Waals surface area (Å²) in [6.07, 6.45) is 0.234. The maximum Gasteiger partial charge on any atom is 0.307 e. The zero-order valence-electron chi connectivity index (χ0n) is 11.0. The molecule has 0 fully saturated rings. The Balaban J connectivity index is 2.14. The van der Waals surface area contributed by atoms with Crippen LogP contribution >= 0.6 is 22.7 Å². The van der Waals surface area contributed by atoms with Gasteiger partial charge in [-0.25, -0.2) is 0 Å². The van der Waals surface area contributed by atoms with Gasteiger partial charge in [0.15, 0.2) is 0 Å². The fraction of sp³-hybridized carbons (Fsp3) is 0.357. The van der Waals surface area contributed by atoms with Crippen LogP contribution in [0, 0.1) is 6.92 Å². The fourth-order valence-electron chi connectivity index (χ4n) is 1.90. The summed E-state index contributed by atoms with van der Waals surface area (Å²) in [5.74, 6) is -0.236. The van der Waals surface area contributed by atoms with Crippen molar-refractivity contribution in [3.63, 3.8) is 0 Å². The van der Waals surface area contributed by atoms with E-state index < -0.39 is 0 Å². The van der Waals surface area contributed by atoms with Gasteiger partial charge in [0.25, 0.3) is 0 Å². The molecule has 0 aliphatic heterocycles. The predicted molar refractivity (Wildman–Crippen MR) is 80.5 cm³/mol. The quantitative estimate of drug-likeness (QED) is 0.855. The van der Waals surface area contributed by atoms with Crippen LogP contribution in [0.2, 0.25) is 0 Å². The number of rotatable bonds is 5. The first-order valence-electron chi connectivity index (χ1n) is 6.16. The van der Waals surface area contributed by atoms with Crippen molar-refractivity contribution < 1.29 is 9.53 Å². The molecule has 1 atom stereocenters. The first-order chi connectivity index (χ1) is 9.11. The van der Waals surface area contributed by atoms with Crippen LogP contribution in [-0.2, 0) is 9.53 Å². The predicted octanol–water partition coefficient (Wildman–Crippen LogP) is 3.74. The number of hydrogen-bond acceptors (Lipinski definition) is 5. The number of esters is 1. The van der Waals surface area contributed by atoms with Gasteiger partial charge in [-0.2, -0.15) is 11.3 Å². The minimum Gasteiger partial charge on any atom is -0.466 e. The van der Waals surface area contributed by atoms with Crippen molar-refractivity contribution in [3.8, 4) is 10.4 Å². The molecule has 0 aliphatic rings. The summed E-state index contributed by atoms with van der Waals surface area (Å²) in [5, 5.41) is 4.18. The summed E-state index contributed by atoms with van der Waals surface area (Å²) in [7, 11) is 0. The van der Waals surface area contributed by atoms with Crippen LogP contribution in [0.3, 0.4) is 0 Å². The number of aryl methyl sites for hydroxylation is 1. The van der Waals surface area contributed by atoms with Gasteiger partial charge in [-0.3, -0.25) is 4.79 Å². The summed E-state index contributed by atoms with van der Waals surface area (Å²) in [6, 6.07) is 3.94. The van der Waals surface area contributed by atoms with Crippen molar-refractivity contribution in [1.82, 2.24) is 0 Å². The van der Waals surface area contributed by atoms with Crippen LogP contribution in [0.1, 0.15) is 29.8 Å². The van der Waals surface area contributed by atoms with E-state index >= 15 is 0 Å². The molecular formula is C14H17NO2S2. The van der Waals surface area contributed by atoms with E-state index in [0.717, 1.165) is 10.4 Å². The van der Waals surface area contributed by atoms with Gasteiger partial charge in [-0.05, 0) is 42.3 Å². The molecule has 0 saturated carbocycles. The van der Waals surface area contributed by atoms with E-state index in [2.05, 4.69) is 22.9 Å². The van der Waals surface area contributed by atoms with Crippen molar-refractivity contribution >= 4 is 28.6 Å². The van der Waals surface area contributed by atoms with Gasteiger partial charge in [0, 0.05) is 21.4 Å². The third-order valence-corrected chi connectivity index (χ3v) is 4.89. The summed E-state index contributed by atoms with van der Waals surface area (Å²) in [4.78, 5) is 13.7. The summed E-state index contributed by atoms with van der Waals surface area (Å²) in [5.41, 5.74) is 8.46. The Morgan fingerprint density at radius 3 is 2.95 bits per heavy atom. The van der Waals surface area contributed by atoms with Gasteiger partial charge in [-0.15, -0.1) is 11.3 Å². The van der Waals surface area contributed by atoms with Gasteiger partial charge in [0.2, 0.25) is 0 Å². The SMILES string of the molecule is CCOC(=O)CC(N)c1sc(-c2ccsc2)cc1C. The lowest BCUT2D eigenvalue weighted by atomic mass is 10.1. The van der Waals surface area contributed by atoms with Crippen molar-refractivity contribution in [2.24, 2.45) is 5.73 Å². The number of carbonyl (C=O) groups excluding carboxylic acids is 1. The maximum atomic E-state index is 11.5. The molecule has 0 bridgehead atoms. The monoisotopic (exact) mass is 295 g/mol. The Morgan fingerprint density at radius 1 is 1.53 bits per heavy atom. The highest BCUT2D eigenvalue weighted by molar-refractivity contribution is 7.16. The highest BCUT2D eigenvalue weighted by Gasteiger charge is 2.18. The molecule has 2 aromatic heterocycles. The molecule has 1 unspecified atom stereocenters. The molecule has 5 heteroatoms. The largest absolute Gasteiger partial charge is 0.466 e. The molecule has 102 valence electrons.